The number of hydrogen-bond acceptors (Lipinski definition) is 5. The van der Waals surface area contributed by atoms with Crippen molar-refractivity contribution >= 4 is 23.8 Å². The van der Waals surface area contributed by atoms with Crippen LogP contribution in [0, 0.1) is 0 Å². The van der Waals surface area contributed by atoms with E-state index in [1.807, 2.05) is 12.4 Å². The van der Waals surface area contributed by atoms with E-state index < -0.39 is 0 Å². The molecule has 0 unspecified atom stereocenters. The summed E-state index contributed by atoms with van der Waals surface area (Å²) < 4.78 is 18.5. The summed E-state index contributed by atoms with van der Waals surface area (Å²) in [4.78, 5) is 9.83. The lowest BCUT2D eigenvalue weighted by atomic mass is 9.95. The molecule has 10 aliphatic rings. The van der Waals surface area contributed by atoms with E-state index >= 15 is 0 Å². The Kier molecular flexibility index (Phi) is 8.32. The summed E-state index contributed by atoms with van der Waals surface area (Å²) in [6.45, 7) is 2.10. The molecule has 5 heteroatoms. The normalized spacial score (nSPS) is 16.7. The Bertz CT molecular complexity index is 1550. The SMILES string of the molecule is C1=Nc2cc3ccc2CCc2ccc(c(c2)OCCOCCOc2cc4ccc2CCc2ccc(c(c2)N=C1)CC4)CC3. The molecular weight excluding hydrogens is 532 g/mol. The molecule has 0 saturated carbocycles. The molecule has 218 valence electrons. The molecule has 0 spiro atoms. The van der Waals surface area contributed by atoms with Gasteiger partial charge in [-0.2, -0.15) is 0 Å². The highest BCUT2D eigenvalue weighted by Crippen LogP contribution is 2.30. The third-order valence-corrected chi connectivity index (χ3v) is 8.76. The molecule has 4 aromatic rings. The molecule has 0 N–H and O–H groups in total. The minimum atomic E-state index is 0.520. The Morgan fingerprint density at radius 1 is 0.395 bits per heavy atom. The van der Waals surface area contributed by atoms with E-state index in [-0.39, 0.29) is 0 Å². The van der Waals surface area contributed by atoms with Gasteiger partial charge >= 0.3 is 0 Å². The van der Waals surface area contributed by atoms with Crippen LogP contribution in [-0.4, -0.2) is 38.9 Å². The zero-order valence-electron chi connectivity index (χ0n) is 24.7. The summed E-state index contributed by atoms with van der Waals surface area (Å²) >= 11 is 0. The molecule has 0 aromatic heterocycles. The molecule has 0 atom stereocenters. The topological polar surface area (TPSA) is 52.4 Å². The summed E-state index contributed by atoms with van der Waals surface area (Å²) in [6, 6.07) is 26.9. The molecule has 0 amide bonds. The van der Waals surface area contributed by atoms with Gasteiger partial charge in [0.2, 0.25) is 0 Å². The van der Waals surface area contributed by atoms with E-state index in [0.29, 0.717) is 26.4 Å². The Balaban J connectivity index is 1.22. The van der Waals surface area contributed by atoms with Crippen molar-refractivity contribution in [1.82, 2.24) is 0 Å². The van der Waals surface area contributed by atoms with Crippen molar-refractivity contribution in [3.8, 4) is 11.5 Å². The van der Waals surface area contributed by atoms with Gasteiger partial charge in [-0.05, 0) is 120 Å². The van der Waals surface area contributed by atoms with Crippen LogP contribution in [0.3, 0.4) is 0 Å². The van der Waals surface area contributed by atoms with Crippen LogP contribution in [0.15, 0.2) is 82.8 Å². The van der Waals surface area contributed by atoms with Crippen LogP contribution in [0.2, 0.25) is 0 Å². The lowest BCUT2D eigenvalue weighted by Gasteiger charge is -2.17. The number of rotatable bonds is 0. The number of ether oxygens (including phenoxy) is 3. The van der Waals surface area contributed by atoms with Gasteiger partial charge in [-0.3, -0.25) is 9.98 Å². The highest BCUT2D eigenvalue weighted by atomic mass is 16.5. The van der Waals surface area contributed by atoms with E-state index in [9.17, 15) is 0 Å². The maximum Gasteiger partial charge on any atom is 0.122 e. The first-order valence-electron chi connectivity index (χ1n) is 15.6. The fourth-order valence-electron chi connectivity index (χ4n) is 6.25. The van der Waals surface area contributed by atoms with Crippen LogP contribution in [0.4, 0.5) is 11.4 Å². The van der Waals surface area contributed by atoms with Gasteiger partial charge in [0, 0.05) is 12.4 Å². The highest BCUT2D eigenvalue weighted by molar-refractivity contribution is 6.17. The maximum absolute atomic E-state index is 6.28. The quantitative estimate of drug-likeness (QED) is 0.208. The van der Waals surface area contributed by atoms with Gasteiger partial charge in [0.15, 0.2) is 0 Å². The summed E-state index contributed by atoms with van der Waals surface area (Å²) in [5.74, 6) is 1.95. The van der Waals surface area contributed by atoms with Gasteiger partial charge in [0.05, 0.1) is 24.6 Å². The molecule has 0 fully saturated rings. The van der Waals surface area contributed by atoms with Gasteiger partial charge in [-0.1, -0.05) is 48.5 Å². The zero-order valence-corrected chi connectivity index (χ0v) is 24.7. The average Bonchev–Trinajstić information content (AvgIpc) is 3.01. The molecule has 12 bridgehead atoms. The third kappa shape index (κ3) is 6.73. The van der Waals surface area contributed by atoms with E-state index in [4.69, 9.17) is 24.2 Å². The predicted octanol–water partition coefficient (Wildman–Crippen LogP) is 7.35. The monoisotopic (exact) mass is 570 g/mol. The lowest BCUT2D eigenvalue weighted by molar-refractivity contribution is 0.0759. The zero-order chi connectivity index (χ0) is 28.8. The Morgan fingerprint density at radius 3 is 1.26 bits per heavy atom. The minimum absolute atomic E-state index is 0.520. The highest BCUT2D eigenvalue weighted by Gasteiger charge is 2.13. The van der Waals surface area contributed by atoms with Crippen molar-refractivity contribution in [2.75, 3.05) is 26.4 Å². The number of hydrogen-bond donors (Lipinski definition) is 0. The van der Waals surface area contributed by atoms with E-state index in [0.717, 1.165) is 74.2 Å². The largest absolute Gasteiger partial charge is 0.491 e. The van der Waals surface area contributed by atoms with Crippen molar-refractivity contribution in [2.45, 2.75) is 51.4 Å². The van der Waals surface area contributed by atoms with Crippen molar-refractivity contribution < 1.29 is 14.2 Å². The molecule has 8 aliphatic carbocycles. The molecule has 2 heterocycles. The molecular formula is C38H38N2O3. The van der Waals surface area contributed by atoms with Crippen LogP contribution in [0.5, 0.6) is 11.5 Å². The van der Waals surface area contributed by atoms with Crippen molar-refractivity contribution in [3.63, 3.8) is 0 Å². The number of aryl methyl sites for hydroxylation is 8. The van der Waals surface area contributed by atoms with E-state index in [1.165, 1.54) is 44.5 Å². The molecule has 0 radical (unpaired) electrons. The lowest BCUT2D eigenvalue weighted by Crippen LogP contribution is -2.13. The Labute approximate surface area is 254 Å². The van der Waals surface area contributed by atoms with Crippen molar-refractivity contribution in [3.05, 3.63) is 117 Å². The minimum Gasteiger partial charge on any atom is -0.491 e. The summed E-state index contributed by atoms with van der Waals surface area (Å²) in [6.07, 6.45) is 11.1. The Hall–Kier alpha value is -4.22. The van der Waals surface area contributed by atoms with Crippen LogP contribution >= 0.6 is 0 Å². The van der Waals surface area contributed by atoms with Gasteiger partial charge in [-0.15, -0.1) is 0 Å². The first-order valence-corrected chi connectivity index (χ1v) is 15.6. The van der Waals surface area contributed by atoms with Crippen LogP contribution in [0.25, 0.3) is 0 Å². The molecule has 14 rings (SSSR count). The second-order valence-corrected chi connectivity index (χ2v) is 11.7. The fraction of sp³-hybridized carbons (Fsp3) is 0.316. The van der Waals surface area contributed by atoms with Crippen LogP contribution in [0.1, 0.15) is 44.5 Å². The molecule has 4 aromatic carbocycles. The van der Waals surface area contributed by atoms with Gasteiger partial charge in [-0.25, -0.2) is 0 Å². The number of nitrogens with zero attached hydrogens (tertiary/aromatic N) is 2. The summed E-state index contributed by atoms with van der Waals surface area (Å²) in [5, 5.41) is 0. The second-order valence-electron chi connectivity index (χ2n) is 11.7. The van der Waals surface area contributed by atoms with Gasteiger partial charge in [0.1, 0.15) is 24.7 Å². The van der Waals surface area contributed by atoms with Crippen molar-refractivity contribution in [1.29, 1.82) is 0 Å². The average molecular weight is 571 g/mol. The molecule has 0 saturated heterocycles. The third-order valence-electron chi connectivity index (χ3n) is 8.76. The van der Waals surface area contributed by atoms with Gasteiger partial charge < -0.3 is 14.2 Å². The van der Waals surface area contributed by atoms with Gasteiger partial charge in [0.25, 0.3) is 0 Å². The maximum atomic E-state index is 6.28. The standard InChI is InChI=1S/C38H38N2O3/c1-9-31-11-3-29-7-15-33-13-5-27(1)23-35(31)39-17-18-40-36-24-28-2-10-32(36)12-4-30-8-16-34(14-6-28)38(26-30)43-22-20-41-19-21-42-37(33)25-29/h1-2,7-10,15-18,23-26H,3-6,11-14,19-22H2. The van der Waals surface area contributed by atoms with Crippen LogP contribution in [-0.2, 0) is 56.1 Å². The first-order chi connectivity index (χ1) is 21.3. The first kappa shape index (κ1) is 27.6. The smallest absolute Gasteiger partial charge is 0.122 e. The van der Waals surface area contributed by atoms with Crippen LogP contribution < -0.4 is 9.47 Å². The second kappa shape index (κ2) is 13.0. The summed E-state index contributed by atoms with van der Waals surface area (Å²) in [7, 11) is 0. The predicted molar refractivity (Wildman–Crippen MR) is 174 cm³/mol. The number of fused-ring (bicyclic) bond motifs is 7. The summed E-state index contributed by atoms with van der Waals surface area (Å²) in [5.41, 5.74) is 12.2. The van der Waals surface area contributed by atoms with E-state index in [1.54, 1.807) is 0 Å². The molecule has 2 aliphatic heterocycles. The van der Waals surface area contributed by atoms with Crippen molar-refractivity contribution in [2.24, 2.45) is 9.98 Å². The fourth-order valence-corrected chi connectivity index (χ4v) is 6.25. The molecule has 43 heavy (non-hydrogen) atoms. The number of aliphatic imine (C=N–C) groups is 2. The number of benzene rings is 4. The molecule has 5 nitrogen and oxygen atoms in total. The van der Waals surface area contributed by atoms with E-state index in [2.05, 4.69) is 72.8 Å². The Morgan fingerprint density at radius 2 is 0.791 bits per heavy atom.